The van der Waals surface area contributed by atoms with Gasteiger partial charge in [-0.1, -0.05) is 18.5 Å². The van der Waals surface area contributed by atoms with E-state index in [4.69, 9.17) is 11.6 Å². The molecular formula is C12H16ClF2N3O. The molecule has 0 spiro atoms. The predicted octanol–water partition coefficient (Wildman–Crippen LogP) is 2.89. The molecule has 0 saturated carbocycles. The van der Waals surface area contributed by atoms with Crippen molar-refractivity contribution in [1.82, 2.24) is 9.88 Å². The number of nitrogens with zero attached hydrogens (tertiary/aromatic N) is 2. The highest BCUT2D eigenvalue weighted by molar-refractivity contribution is 6.33. The number of carbonyl (C=O) groups excluding carboxylic acids is 1. The van der Waals surface area contributed by atoms with Crippen LogP contribution in [-0.4, -0.2) is 42.4 Å². The number of rotatable bonds is 6. The summed E-state index contributed by atoms with van der Waals surface area (Å²) in [7, 11) is 1.29. The van der Waals surface area contributed by atoms with Gasteiger partial charge in [0.25, 0.3) is 12.3 Å². The Morgan fingerprint density at radius 2 is 2.21 bits per heavy atom. The van der Waals surface area contributed by atoms with Crippen LogP contribution in [0, 0.1) is 0 Å². The molecule has 0 radical (unpaired) electrons. The first-order chi connectivity index (χ1) is 8.95. The minimum Gasteiger partial charge on any atom is -0.370 e. The van der Waals surface area contributed by atoms with E-state index < -0.39 is 18.9 Å². The van der Waals surface area contributed by atoms with Crippen LogP contribution in [0.25, 0.3) is 0 Å². The van der Waals surface area contributed by atoms with Crippen LogP contribution in [0.15, 0.2) is 12.1 Å². The van der Waals surface area contributed by atoms with Crippen molar-refractivity contribution in [2.45, 2.75) is 19.8 Å². The zero-order valence-electron chi connectivity index (χ0n) is 10.8. The Hall–Kier alpha value is -1.43. The molecule has 1 amide bonds. The summed E-state index contributed by atoms with van der Waals surface area (Å²) in [6.45, 7) is 2.05. The van der Waals surface area contributed by atoms with Gasteiger partial charge in [0.2, 0.25) is 0 Å². The number of hydrogen-bond acceptors (Lipinski definition) is 3. The Bertz CT molecular complexity index is 443. The zero-order chi connectivity index (χ0) is 14.4. The first-order valence-electron chi connectivity index (χ1n) is 5.89. The van der Waals surface area contributed by atoms with Gasteiger partial charge in [-0.3, -0.25) is 4.79 Å². The van der Waals surface area contributed by atoms with E-state index in [2.05, 4.69) is 10.3 Å². The number of amides is 1. The molecule has 0 aliphatic carbocycles. The van der Waals surface area contributed by atoms with Crippen LogP contribution in [-0.2, 0) is 0 Å². The van der Waals surface area contributed by atoms with Gasteiger partial charge in [0, 0.05) is 13.6 Å². The highest BCUT2D eigenvalue weighted by Crippen LogP contribution is 2.18. The summed E-state index contributed by atoms with van der Waals surface area (Å²) in [6, 6.07) is 3.16. The third kappa shape index (κ3) is 4.63. The number of nitrogens with one attached hydrogen (secondary N) is 1. The van der Waals surface area contributed by atoms with E-state index in [1.54, 1.807) is 6.07 Å². The second kappa shape index (κ2) is 7.23. The number of hydrogen-bond donors (Lipinski definition) is 1. The van der Waals surface area contributed by atoms with E-state index in [1.807, 2.05) is 6.92 Å². The summed E-state index contributed by atoms with van der Waals surface area (Å²) in [5.41, 5.74) is -0.0223. The summed E-state index contributed by atoms with van der Waals surface area (Å²) >= 11 is 5.88. The average molecular weight is 292 g/mol. The molecular weight excluding hydrogens is 276 g/mol. The van der Waals surface area contributed by atoms with Crippen molar-refractivity contribution in [2.75, 3.05) is 25.5 Å². The molecule has 7 heteroatoms. The summed E-state index contributed by atoms with van der Waals surface area (Å²) in [5.74, 6) is -0.120. The van der Waals surface area contributed by atoms with E-state index >= 15 is 0 Å². The number of anilines is 1. The molecule has 0 atom stereocenters. The quantitative estimate of drug-likeness (QED) is 0.876. The molecule has 0 unspecified atom stereocenters. The second-order valence-corrected chi connectivity index (χ2v) is 4.44. The van der Waals surface area contributed by atoms with Crippen LogP contribution in [0.3, 0.4) is 0 Å². The molecule has 0 aliphatic rings. The van der Waals surface area contributed by atoms with Crippen molar-refractivity contribution in [3.63, 3.8) is 0 Å². The number of carbonyl (C=O) groups is 1. The van der Waals surface area contributed by atoms with Crippen molar-refractivity contribution in [3.05, 3.63) is 22.8 Å². The maximum Gasteiger partial charge on any atom is 0.274 e. The fraction of sp³-hybridized carbons (Fsp3) is 0.500. The van der Waals surface area contributed by atoms with E-state index in [9.17, 15) is 13.6 Å². The van der Waals surface area contributed by atoms with E-state index in [-0.39, 0.29) is 10.7 Å². The van der Waals surface area contributed by atoms with Gasteiger partial charge in [0.15, 0.2) is 0 Å². The number of aromatic nitrogens is 1. The van der Waals surface area contributed by atoms with Crippen LogP contribution in [0.4, 0.5) is 14.6 Å². The normalized spacial score (nSPS) is 10.6. The molecule has 19 heavy (non-hydrogen) atoms. The molecule has 1 aromatic heterocycles. The molecule has 0 fully saturated rings. The smallest absolute Gasteiger partial charge is 0.274 e. The fourth-order valence-corrected chi connectivity index (χ4v) is 1.60. The van der Waals surface area contributed by atoms with Crippen LogP contribution >= 0.6 is 11.6 Å². The monoisotopic (exact) mass is 291 g/mol. The SMILES string of the molecule is CCCNc1ccc(Cl)c(C(=O)N(C)CC(F)F)n1. The van der Waals surface area contributed by atoms with Crippen LogP contribution < -0.4 is 5.32 Å². The van der Waals surface area contributed by atoms with Crippen molar-refractivity contribution in [2.24, 2.45) is 0 Å². The minimum atomic E-state index is -2.59. The van der Waals surface area contributed by atoms with E-state index in [1.165, 1.54) is 13.1 Å². The van der Waals surface area contributed by atoms with Crippen molar-refractivity contribution in [1.29, 1.82) is 0 Å². The van der Waals surface area contributed by atoms with Gasteiger partial charge in [-0.25, -0.2) is 13.8 Å². The summed E-state index contributed by atoms with van der Waals surface area (Å²) < 4.78 is 24.5. The second-order valence-electron chi connectivity index (χ2n) is 4.03. The fourth-order valence-electron chi connectivity index (χ4n) is 1.41. The highest BCUT2D eigenvalue weighted by atomic mass is 35.5. The molecule has 0 aromatic carbocycles. The largest absolute Gasteiger partial charge is 0.370 e. The highest BCUT2D eigenvalue weighted by Gasteiger charge is 2.20. The topological polar surface area (TPSA) is 45.2 Å². The van der Waals surface area contributed by atoms with Gasteiger partial charge >= 0.3 is 0 Å². The third-order valence-corrected chi connectivity index (χ3v) is 2.67. The van der Waals surface area contributed by atoms with Gasteiger partial charge < -0.3 is 10.2 Å². The van der Waals surface area contributed by atoms with E-state index in [0.29, 0.717) is 12.4 Å². The van der Waals surface area contributed by atoms with Crippen LogP contribution in [0.1, 0.15) is 23.8 Å². The Labute approximate surface area is 115 Å². The zero-order valence-corrected chi connectivity index (χ0v) is 11.5. The van der Waals surface area contributed by atoms with Crippen molar-refractivity contribution in [3.8, 4) is 0 Å². The molecule has 1 N–H and O–H groups in total. The first-order valence-corrected chi connectivity index (χ1v) is 6.27. The molecule has 0 aliphatic heterocycles. The maximum absolute atomic E-state index is 12.2. The number of pyridine rings is 1. The van der Waals surface area contributed by atoms with Gasteiger partial charge in [0.05, 0.1) is 11.6 Å². The summed E-state index contributed by atoms with van der Waals surface area (Å²) in [5, 5.41) is 3.15. The molecule has 1 rings (SSSR count). The van der Waals surface area contributed by atoms with Gasteiger partial charge in [-0.05, 0) is 18.6 Å². The van der Waals surface area contributed by atoms with Gasteiger partial charge in [0.1, 0.15) is 11.5 Å². The van der Waals surface area contributed by atoms with Crippen LogP contribution in [0.2, 0.25) is 5.02 Å². The Morgan fingerprint density at radius 3 is 2.79 bits per heavy atom. The molecule has 1 aromatic rings. The Kier molecular flexibility index (Phi) is 5.95. The third-order valence-electron chi connectivity index (χ3n) is 2.36. The maximum atomic E-state index is 12.2. The van der Waals surface area contributed by atoms with Crippen molar-refractivity contribution < 1.29 is 13.6 Å². The summed E-state index contributed by atoms with van der Waals surface area (Å²) in [4.78, 5) is 16.9. The Morgan fingerprint density at radius 1 is 1.53 bits per heavy atom. The molecule has 1 heterocycles. The minimum absolute atomic E-state index is 0.0223. The lowest BCUT2D eigenvalue weighted by molar-refractivity contribution is 0.0615. The lowest BCUT2D eigenvalue weighted by Gasteiger charge is -2.17. The van der Waals surface area contributed by atoms with Crippen LogP contribution in [0.5, 0.6) is 0 Å². The predicted molar refractivity (Wildman–Crippen MR) is 71.0 cm³/mol. The summed E-state index contributed by atoms with van der Waals surface area (Å²) in [6.07, 6.45) is -1.69. The lowest BCUT2D eigenvalue weighted by Crippen LogP contribution is -2.32. The molecule has 4 nitrogen and oxygen atoms in total. The Balaban J connectivity index is 2.88. The molecule has 0 saturated heterocycles. The average Bonchev–Trinajstić information content (AvgIpc) is 2.36. The first kappa shape index (κ1) is 15.6. The number of alkyl halides is 2. The molecule has 106 valence electrons. The van der Waals surface area contributed by atoms with E-state index in [0.717, 1.165) is 11.3 Å². The van der Waals surface area contributed by atoms with Gasteiger partial charge in [-0.15, -0.1) is 0 Å². The molecule has 0 bridgehead atoms. The van der Waals surface area contributed by atoms with Gasteiger partial charge in [-0.2, -0.15) is 0 Å². The number of halogens is 3. The van der Waals surface area contributed by atoms with Crippen molar-refractivity contribution >= 4 is 23.3 Å². The standard InChI is InChI=1S/C12H16ClF2N3O/c1-3-6-16-10-5-4-8(13)11(17-10)12(19)18(2)7-9(14)15/h4-5,9H,3,6-7H2,1-2H3,(H,16,17). The lowest BCUT2D eigenvalue weighted by atomic mass is 10.3.